The Labute approximate surface area is 200 Å². The number of thiazole rings is 1. The molecule has 9 nitrogen and oxygen atoms in total. The number of methoxy groups -OCH3 is 1. The zero-order valence-corrected chi connectivity index (χ0v) is 19.9. The molecule has 1 saturated heterocycles. The zero-order chi connectivity index (χ0) is 23.7. The van der Waals surface area contributed by atoms with E-state index in [1.807, 2.05) is 24.3 Å². The fourth-order valence-electron chi connectivity index (χ4n) is 3.80. The molecule has 0 aliphatic carbocycles. The molecule has 0 atom stereocenters. The van der Waals surface area contributed by atoms with Crippen molar-refractivity contribution in [1.82, 2.24) is 24.2 Å². The standard InChI is InChI=1S/C23H21N5O4S2/c1-32-16-6-8-17(9-7-16)34(30,31)28-14-12-27(13-15-28)23(29)21-20(24-10-11-25-21)22-26-18-4-2-3-5-19(18)33-22/h2-11H,12-15H2,1H3. The van der Waals surface area contributed by atoms with Crippen molar-refractivity contribution in [2.45, 2.75) is 4.90 Å². The number of para-hydroxylation sites is 1. The van der Waals surface area contributed by atoms with Crippen LogP contribution in [0.25, 0.3) is 20.9 Å². The molecule has 1 aliphatic rings. The molecule has 1 fully saturated rings. The number of aromatic nitrogens is 3. The highest BCUT2D eigenvalue weighted by molar-refractivity contribution is 7.89. The first-order valence-corrected chi connectivity index (χ1v) is 12.8. The molecule has 5 rings (SSSR count). The molecular weight excluding hydrogens is 474 g/mol. The number of rotatable bonds is 5. The Morgan fingerprint density at radius 2 is 1.68 bits per heavy atom. The molecule has 1 aliphatic heterocycles. The van der Waals surface area contributed by atoms with Gasteiger partial charge < -0.3 is 9.64 Å². The van der Waals surface area contributed by atoms with Gasteiger partial charge in [0.2, 0.25) is 10.0 Å². The third-order valence-corrected chi connectivity index (χ3v) is 8.58. The molecule has 0 saturated carbocycles. The lowest BCUT2D eigenvalue weighted by Gasteiger charge is -2.34. The van der Waals surface area contributed by atoms with Crippen LogP contribution in [0, 0.1) is 0 Å². The summed E-state index contributed by atoms with van der Waals surface area (Å²) < 4.78 is 33.5. The Balaban J connectivity index is 1.34. The van der Waals surface area contributed by atoms with Crippen LogP contribution in [0.3, 0.4) is 0 Å². The lowest BCUT2D eigenvalue weighted by atomic mass is 10.2. The van der Waals surface area contributed by atoms with E-state index in [4.69, 9.17) is 4.74 Å². The molecule has 0 radical (unpaired) electrons. The number of nitrogens with zero attached hydrogens (tertiary/aromatic N) is 5. The van der Waals surface area contributed by atoms with Gasteiger partial charge in [-0.2, -0.15) is 4.31 Å². The largest absolute Gasteiger partial charge is 0.497 e. The number of piperazine rings is 1. The van der Waals surface area contributed by atoms with Gasteiger partial charge in [0.1, 0.15) is 16.5 Å². The van der Waals surface area contributed by atoms with Gasteiger partial charge in [-0.25, -0.2) is 23.4 Å². The summed E-state index contributed by atoms with van der Waals surface area (Å²) in [6.07, 6.45) is 3.02. The van der Waals surface area contributed by atoms with Crippen molar-refractivity contribution in [3.8, 4) is 16.5 Å². The van der Waals surface area contributed by atoms with Crippen LogP contribution >= 0.6 is 11.3 Å². The summed E-state index contributed by atoms with van der Waals surface area (Å²) in [5, 5.41) is 0.623. The highest BCUT2D eigenvalue weighted by Gasteiger charge is 2.32. The predicted octanol–water partition coefficient (Wildman–Crippen LogP) is 2.91. The van der Waals surface area contributed by atoms with E-state index in [2.05, 4.69) is 15.0 Å². The SMILES string of the molecule is COc1ccc(S(=O)(=O)N2CCN(C(=O)c3nccnc3-c3nc4ccccc4s3)CC2)cc1. The molecule has 1 amide bonds. The average molecular weight is 496 g/mol. The van der Waals surface area contributed by atoms with E-state index in [1.165, 1.54) is 47.3 Å². The smallest absolute Gasteiger partial charge is 0.274 e. The summed E-state index contributed by atoms with van der Waals surface area (Å²) in [4.78, 5) is 28.4. The van der Waals surface area contributed by atoms with Crippen LogP contribution in [0.1, 0.15) is 10.5 Å². The second-order valence-corrected chi connectivity index (χ2v) is 10.6. The summed E-state index contributed by atoms with van der Waals surface area (Å²) in [6, 6.07) is 14.0. The summed E-state index contributed by atoms with van der Waals surface area (Å²) in [5.74, 6) is 0.297. The number of amides is 1. The van der Waals surface area contributed by atoms with E-state index < -0.39 is 10.0 Å². The number of hydrogen-bond donors (Lipinski definition) is 0. The van der Waals surface area contributed by atoms with Gasteiger partial charge >= 0.3 is 0 Å². The van der Waals surface area contributed by atoms with Crippen molar-refractivity contribution < 1.29 is 17.9 Å². The monoisotopic (exact) mass is 495 g/mol. The van der Waals surface area contributed by atoms with Gasteiger partial charge in [-0.05, 0) is 36.4 Å². The first-order chi connectivity index (χ1) is 16.5. The van der Waals surface area contributed by atoms with Gasteiger partial charge in [-0.1, -0.05) is 12.1 Å². The molecule has 0 spiro atoms. The molecule has 34 heavy (non-hydrogen) atoms. The molecule has 3 heterocycles. The van der Waals surface area contributed by atoms with Gasteiger partial charge in [-0.3, -0.25) is 4.79 Å². The second-order valence-electron chi connectivity index (χ2n) is 7.61. The van der Waals surface area contributed by atoms with Crippen LogP contribution in [0.4, 0.5) is 0 Å². The fourth-order valence-corrected chi connectivity index (χ4v) is 6.19. The van der Waals surface area contributed by atoms with Crippen LogP contribution in [0.5, 0.6) is 5.75 Å². The van der Waals surface area contributed by atoms with Crippen molar-refractivity contribution in [3.63, 3.8) is 0 Å². The van der Waals surface area contributed by atoms with Crippen molar-refractivity contribution in [3.05, 3.63) is 66.6 Å². The van der Waals surface area contributed by atoms with Crippen molar-refractivity contribution in [1.29, 1.82) is 0 Å². The third-order valence-electron chi connectivity index (χ3n) is 5.62. The number of carbonyl (C=O) groups is 1. The Morgan fingerprint density at radius 3 is 2.38 bits per heavy atom. The maximum Gasteiger partial charge on any atom is 0.274 e. The number of benzene rings is 2. The average Bonchev–Trinajstić information content (AvgIpc) is 3.33. The highest BCUT2D eigenvalue weighted by Crippen LogP contribution is 2.30. The van der Waals surface area contributed by atoms with Gasteiger partial charge in [0, 0.05) is 38.6 Å². The second kappa shape index (κ2) is 9.09. The molecule has 2 aromatic heterocycles. The normalized spacial score (nSPS) is 14.9. The van der Waals surface area contributed by atoms with Gasteiger partial charge in [0.05, 0.1) is 22.2 Å². The molecule has 0 N–H and O–H groups in total. The minimum atomic E-state index is -3.66. The van der Waals surface area contributed by atoms with Gasteiger partial charge in [-0.15, -0.1) is 11.3 Å². The predicted molar refractivity (Wildman–Crippen MR) is 128 cm³/mol. The highest BCUT2D eigenvalue weighted by atomic mass is 32.2. The third kappa shape index (κ3) is 4.13. The van der Waals surface area contributed by atoms with Crippen LogP contribution in [0.2, 0.25) is 0 Å². The maximum absolute atomic E-state index is 13.3. The number of sulfonamides is 1. The Kier molecular flexibility index (Phi) is 5.98. The van der Waals surface area contributed by atoms with Crippen molar-refractivity contribution >= 4 is 37.5 Å². The fraction of sp³-hybridized carbons (Fsp3) is 0.217. The lowest BCUT2D eigenvalue weighted by molar-refractivity contribution is 0.0692. The zero-order valence-electron chi connectivity index (χ0n) is 18.3. The van der Waals surface area contributed by atoms with E-state index in [9.17, 15) is 13.2 Å². The minimum absolute atomic E-state index is 0.191. The molecule has 2 aromatic carbocycles. The van der Waals surface area contributed by atoms with Crippen LogP contribution in [0.15, 0.2) is 65.8 Å². The Bertz CT molecular complexity index is 1410. The summed E-state index contributed by atoms with van der Waals surface area (Å²) >= 11 is 1.45. The topological polar surface area (TPSA) is 106 Å². The van der Waals surface area contributed by atoms with Crippen LogP contribution < -0.4 is 4.74 Å². The van der Waals surface area contributed by atoms with Gasteiger partial charge in [0.25, 0.3) is 5.91 Å². The lowest BCUT2D eigenvalue weighted by Crippen LogP contribution is -2.50. The maximum atomic E-state index is 13.3. The summed E-state index contributed by atoms with van der Waals surface area (Å²) in [6.45, 7) is 0.891. The molecule has 0 unspecified atom stereocenters. The summed E-state index contributed by atoms with van der Waals surface area (Å²) in [7, 11) is -2.14. The number of carbonyl (C=O) groups excluding carboxylic acids is 1. The van der Waals surface area contributed by atoms with E-state index in [1.54, 1.807) is 17.0 Å². The number of fused-ring (bicyclic) bond motifs is 1. The van der Waals surface area contributed by atoms with Crippen LogP contribution in [-0.2, 0) is 10.0 Å². The first-order valence-electron chi connectivity index (χ1n) is 10.6. The Morgan fingerprint density at radius 1 is 0.971 bits per heavy atom. The molecular formula is C23H21N5O4S2. The summed E-state index contributed by atoms with van der Waals surface area (Å²) in [5.41, 5.74) is 1.49. The minimum Gasteiger partial charge on any atom is -0.497 e. The number of ether oxygens (including phenoxy) is 1. The van der Waals surface area contributed by atoms with Crippen LogP contribution in [-0.4, -0.2) is 71.8 Å². The van der Waals surface area contributed by atoms with Crippen molar-refractivity contribution in [2.75, 3.05) is 33.3 Å². The first kappa shape index (κ1) is 22.4. The van der Waals surface area contributed by atoms with E-state index >= 15 is 0 Å². The molecule has 11 heteroatoms. The number of hydrogen-bond acceptors (Lipinski definition) is 8. The Hall–Kier alpha value is -3.41. The molecule has 0 bridgehead atoms. The van der Waals surface area contributed by atoms with E-state index in [0.717, 1.165) is 10.2 Å². The van der Waals surface area contributed by atoms with Gasteiger partial charge in [0.15, 0.2) is 5.69 Å². The quantitative estimate of drug-likeness (QED) is 0.419. The molecule has 4 aromatic rings. The molecule has 174 valence electrons. The van der Waals surface area contributed by atoms with E-state index in [-0.39, 0.29) is 42.7 Å². The van der Waals surface area contributed by atoms with Crippen molar-refractivity contribution in [2.24, 2.45) is 0 Å². The van der Waals surface area contributed by atoms with E-state index in [0.29, 0.717) is 16.5 Å².